The van der Waals surface area contributed by atoms with Crippen LogP contribution in [0.3, 0.4) is 0 Å². The molecule has 0 heterocycles. The molecule has 0 aliphatic rings. The van der Waals surface area contributed by atoms with Crippen molar-refractivity contribution in [2.24, 2.45) is 0 Å². The molecule has 0 aliphatic carbocycles. The molecule has 4 heteroatoms. The Hall–Kier alpha value is -0.623. The Labute approximate surface area is 81.2 Å². The van der Waals surface area contributed by atoms with Crippen LogP contribution in [0.15, 0.2) is 18.2 Å². The summed E-state index contributed by atoms with van der Waals surface area (Å²) in [5.74, 6) is 0.269. The molecule has 0 fully saturated rings. The zero-order valence-electron chi connectivity index (χ0n) is 7.53. The number of phenolic OH excluding ortho intramolecular Hbond substituents is 2. The third-order valence-corrected chi connectivity index (χ3v) is 1.28. The van der Waals surface area contributed by atoms with Crippen molar-refractivity contribution in [3.63, 3.8) is 0 Å². The maximum absolute atomic E-state index is 8.94. The summed E-state index contributed by atoms with van der Waals surface area (Å²) in [6, 6.07) is 4.67. The van der Waals surface area contributed by atoms with Crippen LogP contribution in [0.1, 0.15) is 0 Å². The Balaban J connectivity index is 0.000000354. The van der Waals surface area contributed by atoms with Crippen LogP contribution in [-0.2, 0) is 4.74 Å². The van der Waals surface area contributed by atoms with Gasteiger partial charge in [-0.1, -0.05) is 0 Å². The molecule has 0 amide bonds. The second-order valence-electron chi connectivity index (χ2n) is 2.33. The molecule has 1 aromatic rings. The number of hydrogen-bond acceptors (Lipinski definition) is 3. The Morgan fingerprint density at radius 3 is 1.75 bits per heavy atom. The van der Waals surface area contributed by atoms with Crippen molar-refractivity contribution in [3.05, 3.63) is 18.2 Å². The van der Waals surface area contributed by atoms with Crippen molar-refractivity contribution in [2.75, 3.05) is 14.2 Å². The fourth-order valence-corrected chi connectivity index (χ4v) is 0.612. The summed E-state index contributed by atoms with van der Waals surface area (Å²) >= 11 is 1.66. The van der Waals surface area contributed by atoms with E-state index in [1.165, 1.54) is 12.1 Å². The van der Waals surface area contributed by atoms with Gasteiger partial charge < -0.3 is 4.74 Å². The third-order valence-electron chi connectivity index (χ3n) is 1.28. The Kier molecular flexibility index (Phi) is 5.65. The van der Waals surface area contributed by atoms with E-state index in [-0.39, 0.29) is 11.5 Å². The van der Waals surface area contributed by atoms with Crippen molar-refractivity contribution in [2.45, 2.75) is 0 Å². The van der Waals surface area contributed by atoms with Crippen LogP contribution >= 0.6 is 0 Å². The number of hydrogen-bond donors (Lipinski definition) is 2. The van der Waals surface area contributed by atoms with Crippen molar-refractivity contribution in [3.8, 4) is 11.5 Å². The van der Waals surface area contributed by atoms with Crippen LogP contribution < -0.4 is 4.24 Å². The number of rotatable bonds is 0. The first-order valence-electron chi connectivity index (χ1n) is 3.51. The van der Waals surface area contributed by atoms with Gasteiger partial charge >= 0.3 is 61.9 Å². The summed E-state index contributed by atoms with van der Waals surface area (Å²) < 4.78 is 4.78. The van der Waals surface area contributed by atoms with Crippen molar-refractivity contribution >= 4 is 22.0 Å². The molecule has 0 unspecified atom stereocenters. The quantitative estimate of drug-likeness (QED) is 0.534. The molecule has 0 saturated carbocycles. The molecule has 0 radical (unpaired) electrons. The normalized spacial score (nSPS) is 8.67. The number of phenols is 2. The molecular weight excluding hydrogens is 151 g/mol. The van der Waals surface area contributed by atoms with Crippen molar-refractivity contribution in [1.82, 2.24) is 0 Å². The Morgan fingerprint density at radius 2 is 1.50 bits per heavy atom. The summed E-state index contributed by atoms with van der Waals surface area (Å²) in [4.78, 5) is 0. The minimum absolute atomic E-state index is 0.134. The van der Waals surface area contributed by atoms with Gasteiger partial charge in [0.1, 0.15) is 0 Å². The van der Waals surface area contributed by atoms with E-state index >= 15 is 0 Å². The number of methoxy groups -OCH3 is 1. The van der Waals surface area contributed by atoms with E-state index in [4.69, 9.17) is 10.2 Å². The Bertz CT molecular complexity index is 217. The fraction of sp³-hybridized carbons (Fsp3) is 0.250. The van der Waals surface area contributed by atoms with Gasteiger partial charge in [-0.25, -0.2) is 0 Å². The predicted molar refractivity (Wildman–Crippen MR) is 48.1 cm³/mol. The monoisotopic (exact) mass is 162 g/mol. The first-order chi connectivity index (χ1) is 5.63. The number of aromatic hydroxyl groups is 2. The number of benzene rings is 1. The molecule has 12 heavy (non-hydrogen) atoms. The summed E-state index contributed by atoms with van der Waals surface area (Å²) in [6.45, 7) is 0. The fourth-order valence-electron chi connectivity index (χ4n) is 0.612. The molecule has 1 rings (SSSR count). The standard InChI is InChI=1S/C6H5O2.C2H6O.Li/c7-5-2-1-3-6(8)4-5;1-3-2;/h1-3,7-8H;1-2H3;. The third kappa shape index (κ3) is 3.68. The summed E-state index contributed by atoms with van der Waals surface area (Å²) in [5, 5.41) is 17.9. The average molecular weight is 162 g/mol. The molecule has 1 aromatic carbocycles. The zero-order valence-corrected chi connectivity index (χ0v) is 7.53. The topological polar surface area (TPSA) is 49.7 Å². The molecule has 0 bridgehead atoms. The van der Waals surface area contributed by atoms with E-state index in [0.29, 0.717) is 4.24 Å². The first kappa shape index (κ1) is 11.4. The molecule has 0 saturated heterocycles. The second-order valence-corrected chi connectivity index (χ2v) is 2.33. The average Bonchev–Trinajstić information content (AvgIpc) is 2.02. The summed E-state index contributed by atoms with van der Waals surface area (Å²) in [5.41, 5.74) is 0. The van der Waals surface area contributed by atoms with E-state index in [1.807, 2.05) is 0 Å². The second kappa shape index (κ2) is 5.96. The van der Waals surface area contributed by atoms with E-state index in [9.17, 15) is 0 Å². The molecule has 3 nitrogen and oxygen atoms in total. The van der Waals surface area contributed by atoms with Gasteiger partial charge in [0.25, 0.3) is 0 Å². The van der Waals surface area contributed by atoms with Gasteiger partial charge in [-0.3, -0.25) is 0 Å². The van der Waals surface area contributed by atoms with Gasteiger partial charge in [0.05, 0.1) is 0 Å². The first-order valence-corrected chi connectivity index (χ1v) is 3.51. The van der Waals surface area contributed by atoms with Gasteiger partial charge in [-0.15, -0.1) is 0 Å². The molecule has 62 valence electrons. The molecule has 0 spiro atoms. The van der Waals surface area contributed by atoms with Crippen molar-refractivity contribution in [1.29, 1.82) is 0 Å². The van der Waals surface area contributed by atoms with Gasteiger partial charge in [0.15, 0.2) is 0 Å². The summed E-state index contributed by atoms with van der Waals surface area (Å²) in [6.07, 6.45) is 0. The molecule has 0 aromatic heterocycles. The minimum atomic E-state index is 0.134. The zero-order chi connectivity index (χ0) is 9.56. The van der Waals surface area contributed by atoms with Crippen LogP contribution in [0.25, 0.3) is 0 Å². The van der Waals surface area contributed by atoms with Crippen LogP contribution in [0, 0.1) is 0 Å². The maximum atomic E-state index is 8.94. The molecule has 0 aliphatic heterocycles. The SMILES string of the molecule is COC.[Li][c]1c(O)cccc1O. The van der Waals surface area contributed by atoms with Crippen LogP contribution in [-0.4, -0.2) is 42.1 Å². The summed E-state index contributed by atoms with van der Waals surface area (Å²) in [7, 11) is 3.25. The van der Waals surface area contributed by atoms with Crippen LogP contribution in [0.2, 0.25) is 0 Å². The Morgan fingerprint density at radius 1 is 1.17 bits per heavy atom. The molecular formula is C8H11LiO3. The van der Waals surface area contributed by atoms with E-state index in [0.717, 1.165) is 0 Å². The van der Waals surface area contributed by atoms with E-state index < -0.39 is 0 Å². The van der Waals surface area contributed by atoms with E-state index in [1.54, 1.807) is 38.0 Å². The number of ether oxygens (including phenoxy) is 1. The van der Waals surface area contributed by atoms with Gasteiger partial charge in [0, 0.05) is 14.2 Å². The molecule has 0 atom stereocenters. The predicted octanol–water partition coefficient (Wildman–Crippen LogP) is 0.154. The van der Waals surface area contributed by atoms with Crippen molar-refractivity contribution < 1.29 is 14.9 Å². The van der Waals surface area contributed by atoms with Gasteiger partial charge in [0.2, 0.25) is 0 Å². The van der Waals surface area contributed by atoms with E-state index in [2.05, 4.69) is 4.74 Å². The van der Waals surface area contributed by atoms with Gasteiger partial charge in [-0.2, -0.15) is 0 Å². The van der Waals surface area contributed by atoms with Crippen LogP contribution in [0.5, 0.6) is 11.5 Å². The van der Waals surface area contributed by atoms with Gasteiger partial charge in [-0.05, 0) is 0 Å². The van der Waals surface area contributed by atoms with Crippen LogP contribution in [0.4, 0.5) is 0 Å². The molecule has 2 N–H and O–H groups in total.